The van der Waals surface area contributed by atoms with Crippen LogP contribution in [0.25, 0.3) is 0 Å². The van der Waals surface area contributed by atoms with Crippen molar-refractivity contribution in [1.29, 1.82) is 0 Å². The van der Waals surface area contributed by atoms with Crippen molar-refractivity contribution in [3.63, 3.8) is 0 Å². The van der Waals surface area contributed by atoms with E-state index in [0.717, 1.165) is 5.56 Å². The van der Waals surface area contributed by atoms with Gasteiger partial charge < -0.3 is 14.6 Å². The van der Waals surface area contributed by atoms with Gasteiger partial charge in [-0.15, -0.1) is 10.2 Å². The lowest BCUT2D eigenvalue weighted by Gasteiger charge is -2.14. The third kappa shape index (κ3) is 5.90. The molecule has 0 saturated carbocycles. The van der Waals surface area contributed by atoms with Gasteiger partial charge in [-0.25, -0.2) is 0 Å². The molecule has 0 fully saturated rings. The van der Waals surface area contributed by atoms with Crippen molar-refractivity contribution < 1.29 is 9.53 Å². The van der Waals surface area contributed by atoms with E-state index in [2.05, 4.69) is 15.5 Å². The summed E-state index contributed by atoms with van der Waals surface area (Å²) in [6.45, 7) is 4.82. The number of halogens is 2. The Hall–Kier alpha value is -2.22. The second-order valence-electron chi connectivity index (χ2n) is 6.50. The highest BCUT2D eigenvalue weighted by atomic mass is 35.5. The van der Waals surface area contributed by atoms with Gasteiger partial charge in [-0.1, -0.05) is 65.3 Å². The van der Waals surface area contributed by atoms with Crippen LogP contribution in [0.15, 0.2) is 53.7 Å². The van der Waals surface area contributed by atoms with E-state index in [-0.39, 0.29) is 24.3 Å². The maximum absolute atomic E-state index is 12.3. The fourth-order valence-electron chi connectivity index (χ4n) is 2.82. The van der Waals surface area contributed by atoms with Gasteiger partial charge in [0.1, 0.15) is 12.4 Å². The smallest absolute Gasteiger partial charge is 0.230 e. The van der Waals surface area contributed by atoms with Crippen LogP contribution in [-0.4, -0.2) is 26.4 Å². The van der Waals surface area contributed by atoms with Crippen molar-refractivity contribution in [2.24, 2.45) is 0 Å². The highest BCUT2D eigenvalue weighted by molar-refractivity contribution is 7.99. The largest absolute Gasteiger partial charge is 0.484 e. The summed E-state index contributed by atoms with van der Waals surface area (Å²) < 4.78 is 7.68. The van der Waals surface area contributed by atoms with Crippen LogP contribution in [0, 0.1) is 0 Å². The number of hydrogen-bond acceptors (Lipinski definition) is 5. The monoisotopic (exact) mass is 464 g/mol. The zero-order valence-corrected chi connectivity index (χ0v) is 19.0. The van der Waals surface area contributed by atoms with Crippen molar-refractivity contribution in [2.75, 3.05) is 5.75 Å². The molecule has 30 heavy (non-hydrogen) atoms. The Morgan fingerprint density at radius 3 is 2.67 bits per heavy atom. The molecule has 6 nitrogen and oxygen atoms in total. The first-order valence-corrected chi connectivity index (χ1v) is 11.2. The molecule has 1 N–H and O–H groups in total. The SMILES string of the molecule is CCn1c(COc2ccc(Cl)cc2Cl)nnc1SCC(=O)NC(C)c1ccccc1. The highest BCUT2D eigenvalue weighted by Gasteiger charge is 2.15. The number of nitrogens with zero attached hydrogens (tertiary/aromatic N) is 3. The van der Waals surface area contributed by atoms with Gasteiger partial charge in [-0.2, -0.15) is 0 Å². The van der Waals surface area contributed by atoms with E-state index >= 15 is 0 Å². The number of amides is 1. The molecule has 0 bridgehead atoms. The van der Waals surface area contributed by atoms with Gasteiger partial charge in [0.05, 0.1) is 16.8 Å². The molecule has 1 heterocycles. The normalized spacial score (nSPS) is 11.9. The molecule has 3 aromatic rings. The number of benzene rings is 2. The Balaban J connectivity index is 1.56. The van der Waals surface area contributed by atoms with E-state index in [4.69, 9.17) is 27.9 Å². The van der Waals surface area contributed by atoms with Gasteiger partial charge in [0.25, 0.3) is 0 Å². The van der Waals surface area contributed by atoms with Gasteiger partial charge in [0, 0.05) is 11.6 Å². The molecule has 9 heteroatoms. The minimum absolute atomic E-state index is 0.0589. The van der Waals surface area contributed by atoms with Crippen LogP contribution in [0.1, 0.15) is 31.3 Å². The summed E-state index contributed by atoms with van der Waals surface area (Å²) in [4.78, 5) is 12.3. The molecule has 2 aromatic carbocycles. The maximum Gasteiger partial charge on any atom is 0.230 e. The molecule has 0 aliphatic rings. The number of thioether (sulfide) groups is 1. The van der Waals surface area contributed by atoms with E-state index in [1.807, 2.05) is 48.7 Å². The Bertz CT molecular complexity index is 998. The van der Waals surface area contributed by atoms with Crippen LogP contribution in [-0.2, 0) is 17.9 Å². The molecule has 0 aliphatic carbocycles. The van der Waals surface area contributed by atoms with Gasteiger partial charge in [-0.3, -0.25) is 4.79 Å². The van der Waals surface area contributed by atoms with Crippen LogP contribution < -0.4 is 10.1 Å². The Labute approximate surface area is 189 Å². The van der Waals surface area contributed by atoms with Crippen molar-refractivity contribution in [3.8, 4) is 5.75 Å². The molecular formula is C21H22Cl2N4O2S. The first-order valence-electron chi connectivity index (χ1n) is 9.45. The molecule has 1 amide bonds. The molecule has 1 aromatic heterocycles. The first kappa shape index (κ1) is 22.5. The predicted molar refractivity (Wildman–Crippen MR) is 120 cm³/mol. The number of nitrogens with one attached hydrogen (secondary N) is 1. The van der Waals surface area contributed by atoms with E-state index < -0.39 is 0 Å². The van der Waals surface area contributed by atoms with Crippen LogP contribution >= 0.6 is 35.0 Å². The number of rotatable bonds is 9. The topological polar surface area (TPSA) is 69.0 Å². The lowest BCUT2D eigenvalue weighted by Crippen LogP contribution is -2.28. The third-order valence-electron chi connectivity index (χ3n) is 4.37. The Kier molecular flexibility index (Phi) is 8.01. The van der Waals surface area contributed by atoms with Gasteiger partial charge in [-0.05, 0) is 37.6 Å². The first-order chi connectivity index (χ1) is 14.5. The Morgan fingerprint density at radius 1 is 1.20 bits per heavy atom. The minimum Gasteiger partial charge on any atom is -0.484 e. The van der Waals surface area contributed by atoms with Crippen LogP contribution in [0.2, 0.25) is 10.0 Å². The van der Waals surface area contributed by atoms with Gasteiger partial charge in [0.15, 0.2) is 11.0 Å². The molecule has 1 unspecified atom stereocenters. The second kappa shape index (κ2) is 10.7. The summed E-state index contributed by atoms with van der Waals surface area (Å²) in [5.74, 6) is 1.37. The van der Waals surface area contributed by atoms with Crippen molar-refractivity contribution >= 4 is 40.9 Å². The van der Waals surface area contributed by atoms with Crippen molar-refractivity contribution in [2.45, 2.75) is 38.2 Å². The van der Waals surface area contributed by atoms with Crippen LogP contribution in [0.4, 0.5) is 0 Å². The number of carbonyl (C=O) groups is 1. The van der Waals surface area contributed by atoms with E-state index in [9.17, 15) is 4.79 Å². The zero-order valence-electron chi connectivity index (χ0n) is 16.6. The van der Waals surface area contributed by atoms with Crippen molar-refractivity contribution in [1.82, 2.24) is 20.1 Å². The highest BCUT2D eigenvalue weighted by Crippen LogP contribution is 2.28. The van der Waals surface area contributed by atoms with E-state index in [1.165, 1.54) is 11.8 Å². The molecule has 0 aliphatic heterocycles. The quantitative estimate of drug-likeness (QED) is 0.443. The van der Waals surface area contributed by atoms with Crippen LogP contribution in [0.5, 0.6) is 5.75 Å². The number of hydrogen-bond donors (Lipinski definition) is 1. The van der Waals surface area contributed by atoms with Gasteiger partial charge in [0.2, 0.25) is 5.91 Å². The number of ether oxygens (including phenoxy) is 1. The van der Waals surface area contributed by atoms with Crippen molar-refractivity contribution in [3.05, 3.63) is 70.0 Å². The average molecular weight is 465 g/mol. The summed E-state index contributed by atoms with van der Waals surface area (Å²) in [6.07, 6.45) is 0. The molecule has 0 saturated heterocycles. The minimum atomic E-state index is -0.0623. The zero-order chi connectivity index (χ0) is 21.5. The standard InChI is InChI=1S/C21H22Cl2N4O2S/c1-3-27-19(12-29-18-10-9-16(22)11-17(18)23)25-26-21(27)30-13-20(28)24-14(2)15-7-5-4-6-8-15/h4-11,14H,3,12-13H2,1-2H3,(H,24,28). The summed E-state index contributed by atoms with van der Waals surface area (Å²) in [5.41, 5.74) is 1.06. The second-order valence-corrected chi connectivity index (χ2v) is 8.28. The van der Waals surface area contributed by atoms with Crippen LogP contribution in [0.3, 0.4) is 0 Å². The fraction of sp³-hybridized carbons (Fsp3) is 0.286. The van der Waals surface area contributed by atoms with E-state index in [0.29, 0.717) is 33.3 Å². The molecule has 3 rings (SSSR count). The molecular weight excluding hydrogens is 443 g/mol. The Morgan fingerprint density at radius 2 is 1.97 bits per heavy atom. The van der Waals surface area contributed by atoms with Gasteiger partial charge >= 0.3 is 0 Å². The molecule has 0 spiro atoms. The summed E-state index contributed by atoms with van der Waals surface area (Å²) in [5, 5.41) is 13.1. The number of aromatic nitrogens is 3. The third-order valence-corrected chi connectivity index (χ3v) is 5.87. The summed E-state index contributed by atoms with van der Waals surface area (Å²) in [7, 11) is 0. The number of carbonyl (C=O) groups excluding carboxylic acids is 1. The lowest BCUT2D eigenvalue weighted by molar-refractivity contribution is -0.119. The summed E-state index contributed by atoms with van der Waals surface area (Å²) in [6, 6.07) is 14.8. The lowest BCUT2D eigenvalue weighted by atomic mass is 10.1. The predicted octanol–water partition coefficient (Wildman–Crippen LogP) is 5.15. The summed E-state index contributed by atoms with van der Waals surface area (Å²) >= 11 is 13.4. The molecule has 0 radical (unpaired) electrons. The molecule has 158 valence electrons. The molecule has 1 atom stereocenters. The maximum atomic E-state index is 12.3. The van der Waals surface area contributed by atoms with E-state index in [1.54, 1.807) is 18.2 Å². The fourth-order valence-corrected chi connectivity index (χ4v) is 4.12. The average Bonchev–Trinajstić information content (AvgIpc) is 3.14.